The minimum Gasteiger partial charge on any atom is -0.508 e. The predicted octanol–water partition coefficient (Wildman–Crippen LogP) is 7.30. The summed E-state index contributed by atoms with van der Waals surface area (Å²) in [5.41, 5.74) is 2.93. The summed E-state index contributed by atoms with van der Waals surface area (Å²) in [6.45, 7) is 11.6. The van der Waals surface area contributed by atoms with Crippen LogP contribution in [0.4, 0.5) is 5.69 Å². The third kappa shape index (κ3) is 11.6. The molecule has 3 aliphatic rings. The van der Waals surface area contributed by atoms with Crippen LogP contribution in [0.25, 0.3) is 0 Å². The lowest BCUT2D eigenvalue weighted by atomic mass is 9.77. The molecule has 71 heavy (non-hydrogen) atoms. The number of hydrogen-bond acceptors (Lipinski definition) is 13. The van der Waals surface area contributed by atoms with Gasteiger partial charge in [-0.1, -0.05) is 95.3 Å². The first-order chi connectivity index (χ1) is 34.1. The van der Waals surface area contributed by atoms with Gasteiger partial charge in [0.1, 0.15) is 79.1 Å². The number of carbonyl (C=O) groups excluding carboxylic acids is 2. The van der Waals surface area contributed by atoms with Gasteiger partial charge in [0, 0.05) is 17.4 Å². The Labute approximate surface area is 415 Å². The van der Waals surface area contributed by atoms with Gasteiger partial charge in [-0.2, -0.15) is 0 Å². The average Bonchev–Trinajstić information content (AvgIpc) is 4.03. The van der Waals surface area contributed by atoms with E-state index < -0.39 is 41.9 Å². The first kappa shape index (κ1) is 51.1. The Hall–Kier alpha value is -6.26. The number of phenolic OH excluding ortho intramolecular Hbond substituents is 1. The number of imide groups is 1. The minimum absolute atomic E-state index is 0.0226. The van der Waals surface area contributed by atoms with E-state index in [1.165, 1.54) is 24.3 Å². The van der Waals surface area contributed by atoms with E-state index in [4.69, 9.17) is 33.2 Å². The first-order valence-electron chi connectivity index (χ1n) is 24.2. The van der Waals surface area contributed by atoms with E-state index in [-0.39, 0.29) is 74.6 Å². The van der Waals surface area contributed by atoms with Gasteiger partial charge in [-0.15, -0.1) is 0 Å². The summed E-state index contributed by atoms with van der Waals surface area (Å²) >= 11 is 0. The zero-order chi connectivity index (χ0) is 50.3. The molecule has 0 aliphatic carbocycles. The van der Waals surface area contributed by atoms with Crippen molar-refractivity contribution in [2.75, 3.05) is 57.8 Å². The highest BCUT2D eigenvalue weighted by Crippen LogP contribution is 2.52. The van der Waals surface area contributed by atoms with Crippen molar-refractivity contribution in [1.82, 2.24) is 0 Å². The molecule has 0 radical (unpaired) electrons. The minimum atomic E-state index is -1.12. The lowest BCUT2D eigenvalue weighted by Gasteiger charge is -2.29. The van der Waals surface area contributed by atoms with Crippen LogP contribution >= 0.6 is 0 Å². The largest absolute Gasteiger partial charge is 0.508 e. The molecule has 5 aromatic carbocycles. The van der Waals surface area contributed by atoms with E-state index in [0.717, 1.165) is 33.6 Å². The van der Waals surface area contributed by atoms with Crippen molar-refractivity contribution in [3.8, 4) is 28.7 Å². The Morgan fingerprint density at radius 1 is 0.563 bits per heavy atom. The van der Waals surface area contributed by atoms with Crippen LogP contribution in [0.1, 0.15) is 63.3 Å². The van der Waals surface area contributed by atoms with Gasteiger partial charge in [0.15, 0.2) is 0 Å². The van der Waals surface area contributed by atoms with Crippen molar-refractivity contribution in [2.45, 2.75) is 81.9 Å². The Bertz CT molecular complexity index is 2580. The molecule has 2 amide bonds. The molecule has 2 saturated heterocycles. The third-order valence-corrected chi connectivity index (χ3v) is 13.6. The van der Waals surface area contributed by atoms with E-state index in [9.17, 15) is 30.0 Å². The maximum atomic E-state index is 13.6. The summed E-state index contributed by atoms with van der Waals surface area (Å²) in [5.74, 6) is 0.403. The van der Waals surface area contributed by atoms with Gasteiger partial charge >= 0.3 is 0 Å². The Kier molecular flexibility index (Phi) is 15.9. The lowest BCUT2D eigenvalue weighted by Crippen LogP contribution is -2.44. The molecule has 376 valence electrons. The number of aliphatic hydroxyl groups is 3. The zero-order valence-corrected chi connectivity index (χ0v) is 40.9. The van der Waals surface area contributed by atoms with Gasteiger partial charge in [0.2, 0.25) is 11.8 Å². The summed E-state index contributed by atoms with van der Waals surface area (Å²) in [6, 6.07) is 37.1. The number of aliphatic hydroxyl groups excluding tert-OH is 3. The normalized spacial score (nSPS) is 20.7. The summed E-state index contributed by atoms with van der Waals surface area (Å²) in [7, 11) is 0. The van der Waals surface area contributed by atoms with Crippen LogP contribution < -0.4 is 23.8 Å². The molecule has 4 N–H and O–H groups in total. The summed E-state index contributed by atoms with van der Waals surface area (Å²) in [6.07, 6.45) is 1.43. The first-order valence-corrected chi connectivity index (χ1v) is 24.2. The number of carbonyl (C=O) groups is 2. The summed E-state index contributed by atoms with van der Waals surface area (Å²) in [5, 5.41) is 41.2. The number of amides is 2. The molecule has 5 aromatic rings. The molecule has 2 bridgehead atoms. The van der Waals surface area contributed by atoms with E-state index in [1.54, 1.807) is 12.2 Å². The molecule has 7 unspecified atom stereocenters. The van der Waals surface area contributed by atoms with Crippen LogP contribution in [0.15, 0.2) is 133 Å². The number of ether oxygens (including phenoxy) is 7. The van der Waals surface area contributed by atoms with Crippen molar-refractivity contribution in [3.05, 3.63) is 156 Å². The topological polar surface area (TPSA) is 183 Å². The SMILES string of the molecule is CCCOCC(O)COc1ccc(C(C)(C)c2ccc(OCC(O)COc3ccc(C(C)(C)c4ccc(OCC(O)COCC56C=CC(O5)C5C(=O)N(c7ccc(O)cc7)C(=O)C56)cc4)cc3)cc2)cc1. The Morgan fingerprint density at radius 3 is 1.37 bits per heavy atom. The van der Waals surface area contributed by atoms with Gasteiger partial charge in [-0.3, -0.25) is 9.59 Å². The maximum absolute atomic E-state index is 13.6. The van der Waals surface area contributed by atoms with E-state index in [1.807, 2.05) is 104 Å². The van der Waals surface area contributed by atoms with Crippen LogP contribution in [0.5, 0.6) is 28.7 Å². The third-order valence-electron chi connectivity index (χ3n) is 13.6. The van der Waals surface area contributed by atoms with Crippen molar-refractivity contribution in [2.24, 2.45) is 11.8 Å². The highest BCUT2D eigenvalue weighted by atomic mass is 16.6. The van der Waals surface area contributed by atoms with Crippen LogP contribution in [0.3, 0.4) is 0 Å². The molecule has 2 fully saturated rings. The molecule has 0 aromatic heterocycles. The molecule has 7 atom stereocenters. The number of benzene rings is 5. The van der Waals surface area contributed by atoms with Crippen LogP contribution in [0, 0.1) is 11.8 Å². The molecular formula is C57H65NO13. The van der Waals surface area contributed by atoms with Crippen molar-refractivity contribution in [1.29, 1.82) is 0 Å². The predicted molar refractivity (Wildman–Crippen MR) is 266 cm³/mol. The Morgan fingerprint density at radius 2 is 0.958 bits per heavy atom. The van der Waals surface area contributed by atoms with Gasteiger partial charge in [-0.25, -0.2) is 4.90 Å². The van der Waals surface area contributed by atoms with E-state index >= 15 is 0 Å². The van der Waals surface area contributed by atoms with Crippen molar-refractivity contribution < 1.29 is 63.2 Å². The monoisotopic (exact) mass is 971 g/mol. The highest BCUT2D eigenvalue weighted by molar-refractivity contribution is 6.23. The highest BCUT2D eigenvalue weighted by Gasteiger charge is 2.68. The van der Waals surface area contributed by atoms with Crippen molar-refractivity contribution in [3.63, 3.8) is 0 Å². The number of aromatic hydroxyl groups is 1. The molecule has 8 rings (SSSR count). The molecule has 0 spiro atoms. The number of phenols is 1. The summed E-state index contributed by atoms with van der Waals surface area (Å²) < 4.78 is 40.9. The second kappa shape index (κ2) is 22.0. The van der Waals surface area contributed by atoms with Gasteiger partial charge < -0.3 is 53.6 Å². The second-order valence-corrected chi connectivity index (χ2v) is 19.6. The zero-order valence-electron chi connectivity index (χ0n) is 40.9. The fraction of sp³-hybridized carbons (Fsp3) is 0.404. The van der Waals surface area contributed by atoms with Gasteiger partial charge in [-0.05, 0) is 101 Å². The molecular weight excluding hydrogens is 907 g/mol. The smallest absolute Gasteiger partial charge is 0.241 e. The molecule has 0 saturated carbocycles. The van der Waals surface area contributed by atoms with Crippen LogP contribution in [0.2, 0.25) is 0 Å². The van der Waals surface area contributed by atoms with Crippen LogP contribution in [-0.2, 0) is 34.6 Å². The standard InChI is InChI=1S/C57H65NO13/c1-6-29-65-30-43(60)32-67-46-19-7-37(8-20-46)55(2,3)39-11-23-48(24-12-39)69-34-45(62)35-70-49-25-13-40(14-26-49)56(4,5)38-9-21-47(22-10-38)68-33-44(61)31-66-36-57-28-27-50(71-57)51-52(57)54(64)58(53(51)63)41-15-17-42(59)18-16-41/h7-28,43-45,50-52,59-62H,6,29-36H2,1-5H3. The van der Waals surface area contributed by atoms with Crippen molar-refractivity contribution >= 4 is 17.5 Å². The Balaban J connectivity index is 0.741. The van der Waals surface area contributed by atoms with E-state index in [0.29, 0.717) is 35.3 Å². The maximum Gasteiger partial charge on any atom is 0.241 e. The second-order valence-electron chi connectivity index (χ2n) is 19.6. The summed E-state index contributed by atoms with van der Waals surface area (Å²) in [4.78, 5) is 28.1. The quantitative estimate of drug-likeness (QED) is 0.0260. The number of rotatable bonds is 25. The molecule has 14 heteroatoms. The van der Waals surface area contributed by atoms with Gasteiger partial charge in [0.05, 0.1) is 43.4 Å². The fourth-order valence-corrected chi connectivity index (χ4v) is 9.36. The molecule has 3 heterocycles. The van der Waals surface area contributed by atoms with E-state index in [2.05, 4.69) is 27.7 Å². The number of nitrogens with zero attached hydrogens (tertiary/aromatic N) is 1. The lowest BCUT2D eigenvalue weighted by molar-refractivity contribution is -0.130. The molecule has 3 aliphatic heterocycles. The number of hydrogen-bond donors (Lipinski definition) is 4. The average molecular weight is 972 g/mol. The van der Waals surface area contributed by atoms with Crippen LogP contribution in [-0.4, -0.2) is 115 Å². The number of anilines is 1. The molecule has 14 nitrogen and oxygen atoms in total. The number of fused-ring (bicyclic) bond motifs is 5. The fourth-order valence-electron chi connectivity index (χ4n) is 9.36. The van der Waals surface area contributed by atoms with Gasteiger partial charge in [0.25, 0.3) is 0 Å².